The zero-order valence-corrected chi connectivity index (χ0v) is 12.3. The third kappa shape index (κ3) is 3.90. The summed E-state index contributed by atoms with van der Waals surface area (Å²) in [5.41, 5.74) is 1.18. The van der Waals surface area contributed by atoms with Gasteiger partial charge in [-0.3, -0.25) is 4.79 Å². The molecule has 2 heteroatoms. The van der Waals surface area contributed by atoms with Gasteiger partial charge in [-0.2, -0.15) is 0 Å². The van der Waals surface area contributed by atoms with E-state index in [2.05, 4.69) is 26.1 Å². The molecule has 0 saturated carbocycles. The molecule has 1 N–H and O–H groups in total. The van der Waals surface area contributed by atoms with E-state index in [0.29, 0.717) is 23.8 Å². The van der Waals surface area contributed by atoms with Crippen LogP contribution in [0.2, 0.25) is 0 Å². The van der Waals surface area contributed by atoms with E-state index < -0.39 is 0 Å². The highest BCUT2D eigenvalue weighted by Gasteiger charge is 2.31. The van der Waals surface area contributed by atoms with Crippen molar-refractivity contribution in [2.45, 2.75) is 46.1 Å². The van der Waals surface area contributed by atoms with Crippen LogP contribution in [0, 0.1) is 11.3 Å². The fourth-order valence-electron chi connectivity index (χ4n) is 2.91. The Balaban J connectivity index is 1.94. The average Bonchev–Trinajstić information content (AvgIpc) is 2.39. The smallest absolute Gasteiger partial charge is 0.164 e. The van der Waals surface area contributed by atoms with Crippen LogP contribution in [0.3, 0.4) is 0 Å². The molecule has 1 aliphatic rings. The minimum atomic E-state index is 0.257. The van der Waals surface area contributed by atoms with Gasteiger partial charge in [0.25, 0.3) is 0 Å². The maximum Gasteiger partial charge on any atom is 0.164 e. The summed E-state index contributed by atoms with van der Waals surface area (Å²) in [6, 6.07) is 9.97. The first-order valence-corrected chi connectivity index (χ1v) is 7.28. The molecule has 0 bridgehead atoms. The lowest BCUT2D eigenvalue weighted by molar-refractivity contribution is 0.0934. The van der Waals surface area contributed by atoms with Crippen LogP contribution >= 0.6 is 0 Å². The van der Waals surface area contributed by atoms with E-state index in [1.165, 1.54) is 6.42 Å². The van der Waals surface area contributed by atoms with Crippen molar-refractivity contribution in [1.82, 2.24) is 5.32 Å². The Hall–Kier alpha value is -1.15. The molecule has 2 unspecified atom stereocenters. The molecule has 1 aliphatic heterocycles. The lowest BCUT2D eigenvalue weighted by Crippen LogP contribution is -2.42. The van der Waals surface area contributed by atoms with Crippen LogP contribution in [0.5, 0.6) is 0 Å². The van der Waals surface area contributed by atoms with Crippen LogP contribution in [-0.4, -0.2) is 18.4 Å². The highest BCUT2D eigenvalue weighted by molar-refractivity contribution is 5.96. The molecule has 0 aliphatic carbocycles. The van der Waals surface area contributed by atoms with Crippen LogP contribution in [0.15, 0.2) is 30.3 Å². The van der Waals surface area contributed by atoms with Crippen molar-refractivity contribution < 1.29 is 4.79 Å². The maximum atomic E-state index is 12.2. The molecule has 2 atom stereocenters. The Bertz CT molecular complexity index is 419. The van der Waals surface area contributed by atoms with Gasteiger partial charge in [-0.1, -0.05) is 51.1 Å². The minimum Gasteiger partial charge on any atom is -0.314 e. The van der Waals surface area contributed by atoms with Gasteiger partial charge in [0.2, 0.25) is 0 Å². The predicted octanol–water partition coefficient (Wildman–Crippen LogP) is 3.67. The first-order valence-electron chi connectivity index (χ1n) is 7.28. The van der Waals surface area contributed by atoms with Crippen molar-refractivity contribution in [1.29, 1.82) is 0 Å². The van der Waals surface area contributed by atoms with E-state index in [4.69, 9.17) is 0 Å². The van der Waals surface area contributed by atoms with Gasteiger partial charge in [0.05, 0.1) is 0 Å². The average molecular weight is 259 g/mol. The SMILES string of the molecule is CC(C)(C)C1CCNC(CC(=O)c2ccccc2)C1. The first-order chi connectivity index (χ1) is 8.97. The topological polar surface area (TPSA) is 29.1 Å². The van der Waals surface area contributed by atoms with Gasteiger partial charge in [0.1, 0.15) is 0 Å². The van der Waals surface area contributed by atoms with Gasteiger partial charge in [-0.05, 0) is 30.7 Å². The number of hydrogen-bond acceptors (Lipinski definition) is 2. The Morgan fingerprint density at radius 2 is 1.95 bits per heavy atom. The zero-order chi connectivity index (χ0) is 13.9. The Kier molecular flexibility index (Phi) is 4.41. The van der Waals surface area contributed by atoms with Gasteiger partial charge < -0.3 is 5.32 Å². The molecular weight excluding hydrogens is 234 g/mol. The molecule has 1 aromatic rings. The van der Waals surface area contributed by atoms with Crippen molar-refractivity contribution in [2.24, 2.45) is 11.3 Å². The minimum absolute atomic E-state index is 0.257. The van der Waals surface area contributed by atoms with Crippen molar-refractivity contribution >= 4 is 5.78 Å². The van der Waals surface area contributed by atoms with Crippen LogP contribution in [-0.2, 0) is 0 Å². The fraction of sp³-hybridized carbons (Fsp3) is 0.588. The van der Waals surface area contributed by atoms with E-state index >= 15 is 0 Å². The largest absolute Gasteiger partial charge is 0.314 e. The Labute approximate surface area is 116 Å². The van der Waals surface area contributed by atoms with Crippen molar-refractivity contribution in [3.05, 3.63) is 35.9 Å². The number of hydrogen-bond donors (Lipinski definition) is 1. The van der Waals surface area contributed by atoms with Crippen LogP contribution in [0.25, 0.3) is 0 Å². The summed E-state index contributed by atoms with van der Waals surface area (Å²) in [5, 5.41) is 3.50. The van der Waals surface area contributed by atoms with E-state index in [0.717, 1.165) is 18.5 Å². The second-order valence-corrected chi connectivity index (χ2v) is 6.73. The summed E-state index contributed by atoms with van der Waals surface area (Å²) in [6.07, 6.45) is 2.96. The predicted molar refractivity (Wildman–Crippen MR) is 79.4 cm³/mol. The lowest BCUT2D eigenvalue weighted by atomic mass is 9.73. The van der Waals surface area contributed by atoms with E-state index in [9.17, 15) is 4.79 Å². The number of rotatable bonds is 3. The number of nitrogens with one attached hydrogen (secondary N) is 1. The van der Waals surface area contributed by atoms with Crippen molar-refractivity contribution in [2.75, 3.05) is 6.54 Å². The summed E-state index contributed by atoms with van der Waals surface area (Å²) < 4.78 is 0. The third-order valence-corrected chi connectivity index (χ3v) is 4.25. The second kappa shape index (κ2) is 5.87. The van der Waals surface area contributed by atoms with Gasteiger partial charge in [0, 0.05) is 18.0 Å². The first kappa shape index (κ1) is 14.3. The normalized spacial score (nSPS) is 24.2. The monoisotopic (exact) mass is 259 g/mol. The number of ketones is 1. The quantitative estimate of drug-likeness (QED) is 0.839. The van der Waals surface area contributed by atoms with Gasteiger partial charge in [-0.25, -0.2) is 0 Å². The molecule has 0 aromatic heterocycles. The molecule has 1 aromatic carbocycles. The lowest BCUT2D eigenvalue weighted by Gasteiger charge is -2.38. The molecule has 0 spiro atoms. The summed E-state index contributed by atoms with van der Waals surface area (Å²) in [6.45, 7) is 7.95. The van der Waals surface area contributed by atoms with Crippen LogP contribution in [0.4, 0.5) is 0 Å². The number of piperidine rings is 1. The number of carbonyl (C=O) groups is 1. The number of carbonyl (C=O) groups excluding carboxylic acids is 1. The Morgan fingerprint density at radius 3 is 2.58 bits per heavy atom. The maximum absolute atomic E-state index is 12.2. The Morgan fingerprint density at radius 1 is 1.26 bits per heavy atom. The summed E-state index contributed by atoms with van der Waals surface area (Å²) >= 11 is 0. The number of Topliss-reactive ketones (excluding diaryl/α,β-unsaturated/α-hetero) is 1. The highest BCUT2D eigenvalue weighted by atomic mass is 16.1. The highest BCUT2D eigenvalue weighted by Crippen LogP contribution is 2.34. The van der Waals surface area contributed by atoms with Gasteiger partial charge in [0.15, 0.2) is 5.78 Å². The summed E-state index contributed by atoms with van der Waals surface area (Å²) in [4.78, 5) is 12.2. The van der Waals surface area contributed by atoms with Crippen LogP contribution in [0.1, 0.15) is 50.4 Å². The van der Waals surface area contributed by atoms with E-state index in [-0.39, 0.29) is 5.78 Å². The molecule has 0 amide bonds. The van der Waals surface area contributed by atoms with Crippen molar-refractivity contribution in [3.63, 3.8) is 0 Å². The van der Waals surface area contributed by atoms with E-state index in [1.807, 2.05) is 30.3 Å². The van der Waals surface area contributed by atoms with E-state index in [1.54, 1.807) is 0 Å². The molecule has 1 saturated heterocycles. The molecule has 104 valence electrons. The molecule has 2 rings (SSSR count). The third-order valence-electron chi connectivity index (χ3n) is 4.25. The van der Waals surface area contributed by atoms with Crippen LogP contribution < -0.4 is 5.32 Å². The van der Waals surface area contributed by atoms with Gasteiger partial charge in [-0.15, -0.1) is 0 Å². The fourth-order valence-corrected chi connectivity index (χ4v) is 2.91. The summed E-state index contributed by atoms with van der Waals surface area (Å²) in [5.74, 6) is 0.968. The molecule has 2 nitrogen and oxygen atoms in total. The molecular formula is C17H25NO. The molecule has 0 radical (unpaired) electrons. The number of benzene rings is 1. The summed E-state index contributed by atoms with van der Waals surface area (Å²) in [7, 11) is 0. The van der Waals surface area contributed by atoms with Gasteiger partial charge >= 0.3 is 0 Å². The zero-order valence-electron chi connectivity index (χ0n) is 12.3. The second-order valence-electron chi connectivity index (χ2n) is 6.73. The molecule has 1 fully saturated rings. The standard InChI is InChI=1S/C17H25NO/c1-17(2,3)14-9-10-18-15(11-14)12-16(19)13-7-5-4-6-8-13/h4-8,14-15,18H,9-12H2,1-3H3. The molecule has 19 heavy (non-hydrogen) atoms. The molecule has 1 heterocycles. The van der Waals surface area contributed by atoms with Crippen molar-refractivity contribution in [3.8, 4) is 0 Å².